The van der Waals surface area contributed by atoms with Crippen molar-refractivity contribution >= 4 is 11.5 Å². The number of hydrogen-bond acceptors (Lipinski definition) is 5. The van der Waals surface area contributed by atoms with Crippen LogP contribution >= 0.6 is 0 Å². The Hall–Kier alpha value is -1.76. The van der Waals surface area contributed by atoms with E-state index in [1.165, 1.54) is 4.57 Å². The number of hydrogen-bond donors (Lipinski definition) is 4. The number of H-pyrrole nitrogens is 1. The molecular formula is C14H24N4O3. The van der Waals surface area contributed by atoms with Crippen LogP contribution in [0.4, 0.5) is 11.5 Å². The first kappa shape index (κ1) is 15.6. The monoisotopic (exact) mass is 296 g/mol. The van der Waals surface area contributed by atoms with E-state index in [1.54, 1.807) is 0 Å². The normalized spacial score (nSPS) is 23.9. The Morgan fingerprint density at radius 3 is 2.57 bits per heavy atom. The molecule has 0 aromatic carbocycles. The lowest BCUT2D eigenvalue weighted by Crippen LogP contribution is -2.57. The minimum atomic E-state index is -0.519. The average molecular weight is 296 g/mol. The van der Waals surface area contributed by atoms with Crippen LogP contribution < -0.4 is 22.3 Å². The smallest absolute Gasteiger partial charge is 0.330 e. The number of aromatic amines is 1. The summed E-state index contributed by atoms with van der Waals surface area (Å²) >= 11 is 0. The van der Waals surface area contributed by atoms with E-state index in [-0.39, 0.29) is 28.9 Å². The van der Waals surface area contributed by atoms with Gasteiger partial charge >= 0.3 is 5.69 Å². The number of nitrogens with one attached hydrogen (secondary N) is 2. The lowest BCUT2D eigenvalue weighted by Gasteiger charge is -2.49. The molecule has 0 spiro atoms. The maximum Gasteiger partial charge on any atom is 0.330 e. The molecule has 2 unspecified atom stereocenters. The number of aliphatic hydroxyl groups excluding tert-OH is 1. The van der Waals surface area contributed by atoms with E-state index < -0.39 is 17.4 Å². The molecule has 1 aliphatic rings. The number of nitrogens with two attached hydrogens (primary N) is 1. The molecule has 1 aliphatic carbocycles. The number of nitrogens with zero attached hydrogens (tertiary/aromatic N) is 1. The van der Waals surface area contributed by atoms with Gasteiger partial charge in [0.05, 0.1) is 6.10 Å². The van der Waals surface area contributed by atoms with E-state index in [1.807, 2.05) is 27.7 Å². The van der Waals surface area contributed by atoms with Gasteiger partial charge in [-0.05, 0) is 12.3 Å². The molecular weight excluding hydrogens is 272 g/mol. The van der Waals surface area contributed by atoms with Crippen LogP contribution in [-0.4, -0.2) is 26.8 Å². The molecule has 1 aromatic rings. The maximum absolute atomic E-state index is 12.0. The second-order valence-corrected chi connectivity index (χ2v) is 6.79. The molecule has 118 valence electrons. The summed E-state index contributed by atoms with van der Waals surface area (Å²) in [5, 5.41) is 12.9. The summed E-state index contributed by atoms with van der Waals surface area (Å²) in [7, 11) is 0. The number of nitrogen functional groups attached to an aromatic ring is 1. The predicted molar refractivity (Wildman–Crippen MR) is 82.4 cm³/mol. The van der Waals surface area contributed by atoms with Crippen molar-refractivity contribution in [2.45, 2.75) is 52.8 Å². The third kappa shape index (κ3) is 2.70. The maximum atomic E-state index is 12.0. The second kappa shape index (κ2) is 5.22. The average Bonchev–Trinajstić information content (AvgIpc) is 2.37. The van der Waals surface area contributed by atoms with Crippen LogP contribution in [0, 0.1) is 11.3 Å². The van der Waals surface area contributed by atoms with Gasteiger partial charge in [-0.15, -0.1) is 0 Å². The van der Waals surface area contributed by atoms with Gasteiger partial charge in [-0.1, -0.05) is 27.7 Å². The number of rotatable bonds is 4. The van der Waals surface area contributed by atoms with E-state index in [9.17, 15) is 14.7 Å². The van der Waals surface area contributed by atoms with Crippen LogP contribution in [0.1, 0.15) is 34.1 Å². The largest absolute Gasteiger partial charge is 0.392 e. The van der Waals surface area contributed by atoms with Crippen LogP contribution in [-0.2, 0) is 6.54 Å². The molecule has 0 amide bonds. The summed E-state index contributed by atoms with van der Waals surface area (Å²) in [5.41, 5.74) is 4.86. The van der Waals surface area contributed by atoms with Gasteiger partial charge in [-0.2, -0.15) is 0 Å². The first-order valence-electron chi connectivity index (χ1n) is 7.21. The molecule has 1 aromatic heterocycles. The second-order valence-electron chi connectivity index (χ2n) is 6.79. The van der Waals surface area contributed by atoms with Gasteiger partial charge in [0.1, 0.15) is 11.5 Å². The Morgan fingerprint density at radius 1 is 1.48 bits per heavy atom. The van der Waals surface area contributed by atoms with Crippen molar-refractivity contribution in [3.8, 4) is 0 Å². The third-order valence-electron chi connectivity index (χ3n) is 4.32. The highest BCUT2D eigenvalue weighted by atomic mass is 16.3. The molecule has 7 heteroatoms. The highest BCUT2D eigenvalue weighted by molar-refractivity contribution is 5.61. The minimum absolute atomic E-state index is 0.0547. The fourth-order valence-corrected chi connectivity index (χ4v) is 2.60. The molecule has 0 aliphatic heterocycles. The van der Waals surface area contributed by atoms with Gasteiger partial charge in [-0.25, -0.2) is 4.79 Å². The van der Waals surface area contributed by atoms with E-state index >= 15 is 0 Å². The predicted octanol–water partition coefficient (Wildman–Crippen LogP) is 0.346. The van der Waals surface area contributed by atoms with Crippen molar-refractivity contribution in [1.29, 1.82) is 0 Å². The highest BCUT2D eigenvalue weighted by Crippen LogP contribution is 2.42. The Balaban J connectivity index is 2.36. The van der Waals surface area contributed by atoms with Crippen molar-refractivity contribution in [3.05, 3.63) is 20.8 Å². The quantitative estimate of drug-likeness (QED) is 0.640. The first-order chi connectivity index (χ1) is 9.64. The van der Waals surface area contributed by atoms with Crippen molar-refractivity contribution in [2.24, 2.45) is 11.3 Å². The lowest BCUT2D eigenvalue weighted by atomic mass is 9.64. The van der Waals surface area contributed by atoms with Crippen LogP contribution in [0.25, 0.3) is 0 Å². The fourth-order valence-electron chi connectivity index (χ4n) is 2.60. The van der Waals surface area contributed by atoms with Gasteiger partial charge in [0, 0.05) is 18.0 Å². The van der Waals surface area contributed by atoms with Crippen molar-refractivity contribution < 1.29 is 5.11 Å². The van der Waals surface area contributed by atoms with Crippen molar-refractivity contribution in [1.82, 2.24) is 9.55 Å². The van der Waals surface area contributed by atoms with Gasteiger partial charge < -0.3 is 16.2 Å². The third-order valence-corrected chi connectivity index (χ3v) is 4.32. The topological polar surface area (TPSA) is 113 Å². The molecule has 0 radical (unpaired) electrons. The molecule has 5 N–H and O–H groups in total. The highest BCUT2D eigenvalue weighted by Gasteiger charge is 2.47. The van der Waals surface area contributed by atoms with Crippen LogP contribution in [0.2, 0.25) is 0 Å². The van der Waals surface area contributed by atoms with Crippen molar-refractivity contribution in [3.63, 3.8) is 0 Å². The van der Waals surface area contributed by atoms with Crippen LogP contribution in [0.15, 0.2) is 9.59 Å². The van der Waals surface area contributed by atoms with Gasteiger partial charge in [0.25, 0.3) is 5.56 Å². The van der Waals surface area contributed by atoms with E-state index in [0.29, 0.717) is 13.0 Å². The molecule has 7 nitrogen and oxygen atoms in total. The number of aromatic nitrogens is 2. The van der Waals surface area contributed by atoms with E-state index in [2.05, 4.69) is 10.3 Å². The van der Waals surface area contributed by atoms with Gasteiger partial charge in [-0.3, -0.25) is 14.3 Å². The molecule has 1 heterocycles. The Morgan fingerprint density at radius 2 is 2.10 bits per heavy atom. The molecule has 1 fully saturated rings. The summed E-state index contributed by atoms with van der Waals surface area (Å²) in [5.74, 6) is 0.375. The minimum Gasteiger partial charge on any atom is -0.392 e. The standard InChI is InChI=1S/C14H24N4O3/c1-7(2)6-18-11(15)10(12(20)17-13(18)21)16-8-5-9(19)14(8,3)4/h7-9,16,19H,5-6,15H2,1-4H3,(H,17,20,21). The molecule has 2 atom stereocenters. The summed E-state index contributed by atoms with van der Waals surface area (Å²) in [6.07, 6.45) is 0.145. The van der Waals surface area contributed by atoms with Crippen LogP contribution in [0.3, 0.4) is 0 Å². The van der Waals surface area contributed by atoms with Gasteiger partial charge in [0.15, 0.2) is 0 Å². The molecule has 0 saturated heterocycles. The summed E-state index contributed by atoms with van der Waals surface area (Å²) in [6.45, 7) is 8.22. The summed E-state index contributed by atoms with van der Waals surface area (Å²) in [6, 6.07) is -0.0547. The zero-order valence-electron chi connectivity index (χ0n) is 12.9. The zero-order valence-corrected chi connectivity index (χ0v) is 12.9. The first-order valence-corrected chi connectivity index (χ1v) is 7.21. The van der Waals surface area contributed by atoms with E-state index in [4.69, 9.17) is 5.73 Å². The van der Waals surface area contributed by atoms with Gasteiger partial charge in [0.2, 0.25) is 0 Å². The fraction of sp³-hybridized carbons (Fsp3) is 0.714. The molecule has 0 bridgehead atoms. The zero-order chi connectivity index (χ0) is 15.9. The van der Waals surface area contributed by atoms with Crippen molar-refractivity contribution in [2.75, 3.05) is 11.1 Å². The Bertz CT molecular complexity index is 645. The number of anilines is 2. The van der Waals surface area contributed by atoms with Crippen LogP contribution in [0.5, 0.6) is 0 Å². The lowest BCUT2D eigenvalue weighted by molar-refractivity contribution is -0.0510. The number of aliphatic hydroxyl groups is 1. The summed E-state index contributed by atoms with van der Waals surface area (Å²) in [4.78, 5) is 26.1. The molecule has 21 heavy (non-hydrogen) atoms. The summed E-state index contributed by atoms with van der Waals surface area (Å²) < 4.78 is 1.37. The van der Waals surface area contributed by atoms with E-state index in [0.717, 1.165) is 0 Å². The Labute approximate surface area is 123 Å². The SMILES string of the molecule is CC(C)Cn1c(N)c(NC2CC(O)C2(C)C)c(=O)[nH]c1=O. The molecule has 2 rings (SSSR count). The molecule has 1 saturated carbocycles. The Kier molecular flexibility index (Phi) is 3.88.